The summed E-state index contributed by atoms with van der Waals surface area (Å²) in [6.45, 7) is 1.94. The fourth-order valence-electron chi connectivity index (χ4n) is 2.07. The highest BCUT2D eigenvalue weighted by Gasteiger charge is 2.03. The van der Waals surface area contributed by atoms with Crippen molar-refractivity contribution in [3.05, 3.63) is 72.6 Å². The molecule has 1 aromatic heterocycles. The van der Waals surface area contributed by atoms with E-state index in [0.29, 0.717) is 0 Å². The average Bonchev–Trinajstić information content (AvgIpc) is 2.95. The summed E-state index contributed by atoms with van der Waals surface area (Å²) in [6, 6.07) is 18.5. The van der Waals surface area contributed by atoms with Crippen molar-refractivity contribution in [3.8, 4) is 5.69 Å². The minimum Gasteiger partial charge on any atom is -0.308 e. The first kappa shape index (κ1) is 13.9. The lowest BCUT2D eigenvalue weighted by molar-refractivity contribution is 0.262. The predicted molar refractivity (Wildman–Crippen MR) is 87.4 cm³/mol. The van der Waals surface area contributed by atoms with Crippen molar-refractivity contribution in [3.63, 3.8) is 0 Å². The van der Waals surface area contributed by atoms with Crippen LogP contribution in [0.2, 0.25) is 0 Å². The lowest BCUT2D eigenvalue weighted by Gasteiger charge is -2.08. The lowest BCUT2D eigenvalue weighted by atomic mass is 10.3. The summed E-state index contributed by atoms with van der Waals surface area (Å²) >= 11 is 0. The van der Waals surface area contributed by atoms with Gasteiger partial charge in [-0.2, -0.15) is 5.10 Å². The number of urea groups is 1. The Labute approximate surface area is 128 Å². The van der Waals surface area contributed by atoms with Crippen molar-refractivity contribution in [2.45, 2.75) is 6.92 Å². The monoisotopic (exact) mass is 292 g/mol. The van der Waals surface area contributed by atoms with Crippen molar-refractivity contribution in [1.82, 2.24) is 9.78 Å². The predicted octanol–water partition coefficient (Wildman–Crippen LogP) is 3.82. The Morgan fingerprint density at radius 2 is 1.55 bits per heavy atom. The van der Waals surface area contributed by atoms with Gasteiger partial charge in [0.05, 0.1) is 11.4 Å². The molecule has 2 N–H and O–H groups in total. The van der Waals surface area contributed by atoms with E-state index in [1.165, 1.54) is 0 Å². The van der Waals surface area contributed by atoms with E-state index in [-0.39, 0.29) is 6.03 Å². The zero-order chi connectivity index (χ0) is 15.4. The second-order valence-corrected chi connectivity index (χ2v) is 4.89. The molecule has 0 saturated carbocycles. The summed E-state index contributed by atoms with van der Waals surface area (Å²) in [5, 5.41) is 9.91. The van der Waals surface area contributed by atoms with Crippen LogP contribution >= 0.6 is 0 Å². The highest BCUT2D eigenvalue weighted by molar-refractivity contribution is 5.99. The third kappa shape index (κ3) is 3.32. The van der Waals surface area contributed by atoms with Crippen LogP contribution in [0.25, 0.3) is 5.69 Å². The van der Waals surface area contributed by atoms with Gasteiger partial charge in [0, 0.05) is 17.6 Å². The van der Waals surface area contributed by atoms with Gasteiger partial charge < -0.3 is 10.6 Å². The fourth-order valence-corrected chi connectivity index (χ4v) is 2.07. The average molecular weight is 292 g/mol. The molecule has 0 bridgehead atoms. The van der Waals surface area contributed by atoms with E-state index in [1.54, 1.807) is 4.68 Å². The number of nitrogens with zero attached hydrogens (tertiary/aromatic N) is 2. The fraction of sp³-hybridized carbons (Fsp3) is 0.0588. The normalized spacial score (nSPS) is 10.2. The van der Waals surface area contributed by atoms with Gasteiger partial charge >= 0.3 is 6.03 Å². The van der Waals surface area contributed by atoms with Crippen molar-refractivity contribution < 1.29 is 4.79 Å². The molecule has 1 heterocycles. The number of rotatable bonds is 3. The van der Waals surface area contributed by atoms with Crippen LogP contribution in [0, 0.1) is 6.92 Å². The number of anilines is 2. The molecular formula is C17H16N4O. The number of carbonyl (C=O) groups is 1. The summed E-state index contributed by atoms with van der Waals surface area (Å²) in [5.41, 5.74) is 3.39. The number of aryl methyl sites for hydroxylation is 1. The number of amides is 2. The van der Waals surface area contributed by atoms with E-state index in [9.17, 15) is 4.79 Å². The van der Waals surface area contributed by atoms with Gasteiger partial charge in [0.2, 0.25) is 0 Å². The quantitative estimate of drug-likeness (QED) is 0.771. The van der Waals surface area contributed by atoms with Gasteiger partial charge in [0.25, 0.3) is 0 Å². The van der Waals surface area contributed by atoms with Gasteiger partial charge in [-0.05, 0) is 49.4 Å². The molecule has 0 unspecified atom stereocenters. The molecule has 0 aliphatic rings. The number of aromatic nitrogens is 2. The molecule has 22 heavy (non-hydrogen) atoms. The molecule has 0 aliphatic carbocycles. The van der Waals surface area contributed by atoms with E-state index in [4.69, 9.17) is 0 Å². The first-order valence-electron chi connectivity index (χ1n) is 6.96. The highest BCUT2D eigenvalue weighted by Crippen LogP contribution is 2.14. The Bertz CT molecular complexity index is 763. The van der Waals surface area contributed by atoms with Gasteiger partial charge in [-0.25, -0.2) is 9.48 Å². The smallest absolute Gasteiger partial charge is 0.308 e. The van der Waals surface area contributed by atoms with Gasteiger partial charge in [0.15, 0.2) is 0 Å². The number of carbonyl (C=O) groups excluding carboxylic acids is 1. The SMILES string of the molecule is Cc1ccn(-c2ccc(NC(=O)Nc3ccccc3)cc2)n1. The molecular weight excluding hydrogens is 276 g/mol. The first-order chi connectivity index (χ1) is 10.7. The molecule has 2 amide bonds. The largest absolute Gasteiger partial charge is 0.323 e. The molecule has 3 aromatic rings. The summed E-state index contributed by atoms with van der Waals surface area (Å²) in [6.07, 6.45) is 1.90. The van der Waals surface area contributed by atoms with Crippen LogP contribution < -0.4 is 10.6 Å². The Kier molecular flexibility index (Phi) is 3.87. The van der Waals surface area contributed by atoms with E-state index in [0.717, 1.165) is 22.8 Å². The molecule has 5 nitrogen and oxygen atoms in total. The summed E-state index contributed by atoms with van der Waals surface area (Å²) in [7, 11) is 0. The van der Waals surface area contributed by atoms with Gasteiger partial charge in [-0.1, -0.05) is 18.2 Å². The second-order valence-electron chi connectivity index (χ2n) is 4.89. The van der Waals surface area contributed by atoms with Crippen LogP contribution in [0.4, 0.5) is 16.2 Å². The number of hydrogen-bond donors (Lipinski definition) is 2. The van der Waals surface area contributed by atoms with Crippen LogP contribution in [0.3, 0.4) is 0 Å². The van der Waals surface area contributed by atoms with E-state index < -0.39 is 0 Å². The molecule has 0 radical (unpaired) electrons. The summed E-state index contributed by atoms with van der Waals surface area (Å²) in [5.74, 6) is 0. The zero-order valence-electron chi connectivity index (χ0n) is 12.2. The van der Waals surface area contributed by atoms with Crippen molar-refractivity contribution in [1.29, 1.82) is 0 Å². The zero-order valence-corrected chi connectivity index (χ0v) is 12.2. The third-order valence-electron chi connectivity index (χ3n) is 3.14. The first-order valence-corrected chi connectivity index (χ1v) is 6.96. The Morgan fingerprint density at radius 1 is 0.909 bits per heavy atom. The summed E-state index contributed by atoms with van der Waals surface area (Å²) < 4.78 is 1.79. The molecule has 3 rings (SSSR count). The number of para-hydroxylation sites is 1. The maximum Gasteiger partial charge on any atom is 0.323 e. The minimum atomic E-state index is -0.270. The summed E-state index contributed by atoms with van der Waals surface area (Å²) in [4.78, 5) is 11.9. The van der Waals surface area contributed by atoms with Crippen LogP contribution in [0.15, 0.2) is 66.9 Å². The highest BCUT2D eigenvalue weighted by atomic mass is 16.2. The Hall–Kier alpha value is -3.08. The molecule has 110 valence electrons. The van der Waals surface area contributed by atoms with Crippen LogP contribution in [-0.2, 0) is 0 Å². The van der Waals surface area contributed by atoms with Gasteiger partial charge in [-0.15, -0.1) is 0 Å². The number of benzene rings is 2. The third-order valence-corrected chi connectivity index (χ3v) is 3.14. The number of hydrogen-bond acceptors (Lipinski definition) is 2. The lowest BCUT2D eigenvalue weighted by Crippen LogP contribution is -2.19. The molecule has 5 heteroatoms. The second kappa shape index (κ2) is 6.13. The van der Waals surface area contributed by atoms with Crippen molar-refractivity contribution in [2.24, 2.45) is 0 Å². The molecule has 0 atom stereocenters. The number of nitrogens with one attached hydrogen (secondary N) is 2. The van der Waals surface area contributed by atoms with E-state index >= 15 is 0 Å². The van der Waals surface area contributed by atoms with Crippen molar-refractivity contribution in [2.75, 3.05) is 10.6 Å². The molecule has 2 aromatic carbocycles. The maximum absolute atomic E-state index is 11.9. The standard InChI is InChI=1S/C17H16N4O/c1-13-11-12-21(20-13)16-9-7-15(8-10-16)19-17(22)18-14-5-3-2-4-6-14/h2-12H,1H3,(H2,18,19,22). The van der Waals surface area contributed by atoms with Crippen LogP contribution in [0.5, 0.6) is 0 Å². The van der Waals surface area contributed by atoms with Gasteiger partial charge in [-0.3, -0.25) is 0 Å². The van der Waals surface area contributed by atoms with E-state index in [1.807, 2.05) is 73.8 Å². The topological polar surface area (TPSA) is 59.0 Å². The van der Waals surface area contributed by atoms with Crippen molar-refractivity contribution >= 4 is 17.4 Å². The van der Waals surface area contributed by atoms with Crippen LogP contribution in [-0.4, -0.2) is 15.8 Å². The Balaban J connectivity index is 1.65. The molecule has 0 aliphatic heterocycles. The van der Waals surface area contributed by atoms with Crippen LogP contribution in [0.1, 0.15) is 5.69 Å². The maximum atomic E-state index is 11.9. The Morgan fingerprint density at radius 3 is 2.14 bits per heavy atom. The molecule has 0 saturated heterocycles. The minimum absolute atomic E-state index is 0.270. The van der Waals surface area contributed by atoms with E-state index in [2.05, 4.69) is 15.7 Å². The van der Waals surface area contributed by atoms with Gasteiger partial charge in [0.1, 0.15) is 0 Å². The molecule has 0 spiro atoms. The molecule has 0 fully saturated rings.